The minimum Gasteiger partial charge on any atom is -0.481 e. The summed E-state index contributed by atoms with van der Waals surface area (Å²) in [4.78, 5) is 39.5. The van der Waals surface area contributed by atoms with Crippen LogP contribution in [0.15, 0.2) is 24.3 Å². The van der Waals surface area contributed by atoms with Gasteiger partial charge in [0.05, 0.1) is 17.9 Å². The van der Waals surface area contributed by atoms with E-state index >= 15 is 0 Å². The summed E-state index contributed by atoms with van der Waals surface area (Å²) in [5, 5.41) is 9.21. The fourth-order valence-electron chi connectivity index (χ4n) is 3.82. The molecule has 25 heavy (non-hydrogen) atoms. The van der Waals surface area contributed by atoms with E-state index in [1.54, 1.807) is 24.1 Å². The molecule has 2 fully saturated rings. The first-order valence-corrected chi connectivity index (χ1v) is 8.41. The third-order valence-corrected chi connectivity index (χ3v) is 5.20. The van der Waals surface area contributed by atoms with Gasteiger partial charge in [-0.15, -0.1) is 0 Å². The lowest BCUT2D eigenvalue weighted by molar-refractivity contribution is -0.147. The Morgan fingerprint density at radius 2 is 1.92 bits per heavy atom. The zero-order valence-electron chi connectivity index (χ0n) is 14.0. The Balaban J connectivity index is 1.83. The van der Waals surface area contributed by atoms with Crippen LogP contribution in [-0.4, -0.2) is 52.8 Å². The molecule has 134 valence electrons. The minimum atomic E-state index is -0.896. The molecule has 2 saturated heterocycles. The maximum Gasteiger partial charge on any atom is 0.308 e. The van der Waals surface area contributed by atoms with Crippen molar-refractivity contribution in [2.45, 2.75) is 25.3 Å². The van der Waals surface area contributed by atoms with Crippen LogP contribution in [0.3, 0.4) is 0 Å². The number of nitrogens with zero attached hydrogens (tertiary/aromatic N) is 2. The van der Waals surface area contributed by atoms with Gasteiger partial charge < -0.3 is 14.9 Å². The smallest absolute Gasteiger partial charge is 0.308 e. The molecule has 0 bridgehead atoms. The second-order valence-electron chi connectivity index (χ2n) is 6.77. The van der Waals surface area contributed by atoms with Crippen LogP contribution in [0.2, 0.25) is 0 Å². The van der Waals surface area contributed by atoms with Gasteiger partial charge in [-0.3, -0.25) is 14.4 Å². The fraction of sp³-hybridized carbons (Fsp3) is 0.500. The topological polar surface area (TPSA) is 77.9 Å². The Bertz CT molecular complexity index is 691. The summed E-state index contributed by atoms with van der Waals surface area (Å²) in [6, 6.07) is 5.35. The molecule has 6 nitrogen and oxygen atoms in total. The number of halogens is 1. The van der Waals surface area contributed by atoms with E-state index in [4.69, 9.17) is 0 Å². The molecule has 2 aliphatic rings. The number of carboxylic acids is 1. The Morgan fingerprint density at radius 1 is 1.24 bits per heavy atom. The van der Waals surface area contributed by atoms with Crippen molar-refractivity contribution < 1.29 is 23.9 Å². The second kappa shape index (κ2) is 6.82. The highest BCUT2D eigenvalue weighted by Crippen LogP contribution is 2.38. The molecule has 0 radical (unpaired) electrons. The number of hydrogen-bond acceptors (Lipinski definition) is 3. The lowest BCUT2D eigenvalue weighted by Crippen LogP contribution is -2.45. The van der Waals surface area contributed by atoms with Crippen LogP contribution in [0.1, 0.15) is 30.9 Å². The Labute approximate surface area is 145 Å². The average molecular weight is 348 g/mol. The molecule has 2 heterocycles. The predicted octanol–water partition coefficient (Wildman–Crippen LogP) is 1.67. The summed E-state index contributed by atoms with van der Waals surface area (Å²) in [6.45, 7) is 0.686. The van der Waals surface area contributed by atoms with Gasteiger partial charge >= 0.3 is 5.97 Å². The van der Waals surface area contributed by atoms with Gasteiger partial charge in [-0.05, 0) is 30.5 Å². The highest BCUT2D eigenvalue weighted by atomic mass is 19.1. The van der Waals surface area contributed by atoms with Crippen LogP contribution in [-0.2, 0) is 14.4 Å². The van der Waals surface area contributed by atoms with Crippen LogP contribution in [0.25, 0.3) is 0 Å². The number of aliphatic carboxylic acids is 1. The van der Waals surface area contributed by atoms with E-state index in [0.717, 1.165) is 0 Å². The predicted molar refractivity (Wildman–Crippen MR) is 87.0 cm³/mol. The third kappa shape index (κ3) is 3.36. The molecule has 3 atom stereocenters. The SMILES string of the molecule is CN1C(=O)CC(C(=O)N2CCCC(C(=O)O)C2)C1c1ccc(F)cc1. The number of carbonyl (C=O) groups excluding carboxylic acids is 2. The van der Waals surface area contributed by atoms with Crippen molar-refractivity contribution in [3.63, 3.8) is 0 Å². The Morgan fingerprint density at radius 3 is 2.56 bits per heavy atom. The van der Waals surface area contributed by atoms with Gasteiger partial charge in [0, 0.05) is 26.6 Å². The second-order valence-corrected chi connectivity index (χ2v) is 6.77. The summed E-state index contributed by atoms with van der Waals surface area (Å²) < 4.78 is 13.2. The number of amides is 2. The zero-order chi connectivity index (χ0) is 18.1. The summed E-state index contributed by atoms with van der Waals surface area (Å²) in [6.07, 6.45) is 1.29. The van der Waals surface area contributed by atoms with E-state index in [0.29, 0.717) is 24.9 Å². The normalized spacial score (nSPS) is 26.8. The number of hydrogen-bond donors (Lipinski definition) is 1. The van der Waals surface area contributed by atoms with Crippen molar-refractivity contribution in [3.8, 4) is 0 Å². The van der Waals surface area contributed by atoms with Crippen molar-refractivity contribution in [3.05, 3.63) is 35.6 Å². The lowest BCUT2D eigenvalue weighted by Gasteiger charge is -2.34. The van der Waals surface area contributed by atoms with E-state index in [-0.39, 0.29) is 30.6 Å². The molecule has 0 saturated carbocycles. The van der Waals surface area contributed by atoms with Crippen molar-refractivity contribution in [1.29, 1.82) is 0 Å². The third-order valence-electron chi connectivity index (χ3n) is 5.20. The van der Waals surface area contributed by atoms with Gasteiger partial charge in [0.25, 0.3) is 0 Å². The van der Waals surface area contributed by atoms with Crippen molar-refractivity contribution in [1.82, 2.24) is 9.80 Å². The molecule has 7 heteroatoms. The first-order chi connectivity index (χ1) is 11.9. The lowest BCUT2D eigenvalue weighted by atomic mass is 9.90. The van der Waals surface area contributed by atoms with Crippen molar-refractivity contribution in [2.24, 2.45) is 11.8 Å². The number of carbonyl (C=O) groups is 3. The average Bonchev–Trinajstić information content (AvgIpc) is 2.90. The van der Waals surface area contributed by atoms with Crippen molar-refractivity contribution in [2.75, 3.05) is 20.1 Å². The monoisotopic (exact) mass is 348 g/mol. The maximum absolute atomic E-state index is 13.2. The number of likely N-dealkylation sites (tertiary alicyclic amines) is 2. The molecule has 2 amide bonds. The molecule has 0 aliphatic carbocycles. The molecule has 1 N–H and O–H groups in total. The summed E-state index contributed by atoms with van der Waals surface area (Å²) in [5.41, 5.74) is 0.708. The summed E-state index contributed by atoms with van der Waals surface area (Å²) in [5.74, 6) is -2.74. The van der Waals surface area contributed by atoms with Gasteiger partial charge in [0.15, 0.2) is 0 Å². The van der Waals surface area contributed by atoms with E-state index in [1.807, 2.05) is 0 Å². The summed E-state index contributed by atoms with van der Waals surface area (Å²) >= 11 is 0. The molecular weight excluding hydrogens is 327 g/mol. The van der Waals surface area contributed by atoms with Crippen LogP contribution < -0.4 is 0 Å². The van der Waals surface area contributed by atoms with Crippen LogP contribution in [0, 0.1) is 17.7 Å². The van der Waals surface area contributed by atoms with Gasteiger partial charge in [0.1, 0.15) is 5.82 Å². The van der Waals surface area contributed by atoms with Gasteiger partial charge in [-0.1, -0.05) is 12.1 Å². The first-order valence-electron chi connectivity index (χ1n) is 8.41. The standard InChI is InChI=1S/C18H21FN2O4/c1-20-15(22)9-14(16(20)11-4-6-13(19)7-5-11)17(23)21-8-2-3-12(10-21)18(24)25/h4-7,12,14,16H,2-3,8-10H2,1H3,(H,24,25). The minimum absolute atomic E-state index is 0.0889. The molecule has 1 aromatic carbocycles. The Kier molecular flexibility index (Phi) is 4.74. The molecule has 3 unspecified atom stereocenters. The van der Waals surface area contributed by atoms with Gasteiger partial charge in [-0.25, -0.2) is 4.39 Å². The highest BCUT2D eigenvalue weighted by molar-refractivity contribution is 5.90. The van der Waals surface area contributed by atoms with Gasteiger partial charge in [0.2, 0.25) is 11.8 Å². The molecule has 2 aliphatic heterocycles. The van der Waals surface area contributed by atoms with Gasteiger partial charge in [-0.2, -0.15) is 0 Å². The van der Waals surface area contributed by atoms with Crippen LogP contribution >= 0.6 is 0 Å². The number of benzene rings is 1. The summed E-state index contributed by atoms with van der Waals surface area (Å²) in [7, 11) is 1.64. The molecule has 1 aromatic rings. The fourth-order valence-corrected chi connectivity index (χ4v) is 3.82. The maximum atomic E-state index is 13.2. The quantitative estimate of drug-likeness (QED) is 0.901. The molecule has 0 spiro atoms. The highest BCUT2D eigenvalue weighted by Gasteiger charge is 2.45. The van der Waals surface area contributed by atoms with Crippen molar-refractivity contribution >= 4 is 17.8 Å². The van der Waals surface area contributed by atoms with Crippen LogP contribution in [0.5, 0.6) is 0 Å². The molecule has 0 aromatic heterocycles. The number of carboxylic acid groups (broad SMARTS) is 1. The zero-order valence-corrected chi connectivity index (χ0v) is 14.0. The Hall–Kier alpha value is -2.44. The first kappa shape index (κ1) is 17.4. The van der Waals surface area contributed by atoms with E-state index in [1.165, 1.54) is 17.0 Å². The molecular formula is C18H21FN2O4. The van der Waals surface area contributed by atoms with E-state index in [9.17, 15) is 23.9 Å². The molecule has 3 rings (SSSR count). The number of rotatable bonds is 3. The largest absolute Gasteiger partial charge is 0.481 e. The van der Waals surface area contributed by atoms with E-state index < -0.39 is 23.8 Å². The number of piperidine rings is 1. The van der Waals surface area contributed by atoms with Crippen LogP contribution in [0.4, 0.5) is 4.39 Å². The van der Waals surface area contributed by atoms with E-state index in [2.05, 4.69) is 0 Å².